The Morgan fingerprint density at radius 2 is 1.92 bits per heavy atom. The van der Waals surface area contributed by atoms with Crippen molar-refractivity contribution in [1.29, 1.82) is 0 Å². The predicted octanol–water partition coefficient (Wildman–Crippen LogP) is 1.73. The van der Waals surface area contributed by atoms with Crippen LogP contribution >= 0.6 is 0 Å². The standard InChI is InChI=1S/C18H26N6O2/c1-14-20-16(26-22-14)12-18(25)7-5-11-24(13-18)15-6-8-19-17(21-15)23-9-3-2-4-10-23/h6,8,25H,2-5,7,9-13H2,1H3. The predicted molar refractivity (Wildman–Crippen MR) is 97.2 cm³/mol. The number of β-amino-alcohol motifs (C(OH)–C–C–N with tert-alkyl or cyclic N) is 1. The summed E-state index contributed by atoms with van der Waals surface area (Å²) in [6, 6.07) is 1.93. The number of anilines is 2. The fourth-order valence-corrected chi connectivity index (χ4v) is 3.91. The molecule has 8 heteroatoms. The van der Waals surface area contributed by atoms with Crippen LogP contribution in [0.25, 0.3) is 0 Å². The van der Waals surface area contributed by atoms with Crippen LogP contribution in [-0.2, 0) is 6.42 Å². The molecule has 0 saturated carbocycles. The molecule has 1 N–H and O–H groups in total. The van der Waals surface area contributed by atoms with Crippen LogP contribution in [0.2, 0.25) is 0 Å². The highest BCUT2D eigenvalue weighted by Gasteiger charge is 2.36. The van der Waals surface area contributed by atoms with E-state index in [-0.39, 0.29) is 0 Å². The number of nitrogens with zero attached hydrogens (tertiary/aromatic N) is 6. The van der Waals surface area contributed by atoms with Gasteiger partial charge in [0.15, 0.2) is 5.82 Å². The molecule has 4 heterocycles. The van der Waals surface area contributed by atoms with Crippen molar-refractivity contribution < 1.29 is 9.63 Å². The third kappa shape index (κ3) is 3.80. The second-order valence-corrected chi connectivity index (χ2v) is 7.42. The summed E-state index contributed by atoms with van der Waals surface area (Å²) in [7, 11) is 0. The summed E-state index contributed by atoms with van der Waals surface area (Å²) >= 11 is 0. The van der Waals surface area contributed by atoms with Crippen LogP contribution < -0.4 is 9.80 Å². The zero-order valence-corrected chi connectivity index (χ0v) is 15.3. The van der Waals surface area contributed by atoms with Crippen LogP contribution in [0.4, 0.5) is 11.8 Å². The average Bonchev–Trinajstić information content (AvgIpc) is 3.06. The molecule has 2 aliphatic heterocycles. The van der Waals surface area contributed by atoms with E-state index in [2.05, 4.69) is 24.9 Å². The van der Waals surface area contributed by atoms with Crippen molar-refractivity contribution in [3.8, 4) is 0 Å². The fourth-order valence-electron chi connectivity index (χ4n) is 3.91. The molecule has 0 amide bonds. The number of rotatable bonds is 4. The Labute approximate surface area is 153 Å². The lowest BCUT2D eigenvalue weighted by molar-refractivity contribution is 0.0191. The highest BCUT2D eigenvalue weighted by Crippen LogP contribution is 2.28. The summed E-state index contributed by atoms with van der Waals surface area (Å²) < 4.78 is 5.20. The monoisotopic (exact) mass is 358 g/mol. The van der Waals surface area contributed by atoms with E-state index >= 15 is 0 Å². The van der Waals surface area contributed by atoms with Gasteiger partial charge in [-0.25, -0.2) is 4.98 Å². The van der Waals surface area contributed by atoms with Crippen LogP contribution in [0.1, 0.15) is 43.8 Å². The minimum Gasteiger partial charge on any atom is -0.388 e. The van der Waals surface area contributed by atoms with Gasteiger partial charge in [0.2, 0.25) is 11.8 Å². The van der Waals surface area contributed by atoms with Gasteiger partial charge in [0.25, 0.3) is 0 Å². The van der Waals surface area contributed by atoms with Gasteiger partial charge in [0.05, 0.1) is 12.0 Å². The number of aromatic nitrogens is 4. The van der Waals surface area contributed by atoms with Crippen molar-refractivity contribution in [1.82, 2.24) is 20.1 Å². The topological polar surface area (TPSA) is 91.4 Å². The number of piperidine rings is 2. The normalized spacial score (nSPS) is 24.1. The zero-order valence-electron chi connectivity index (χ0n) is 15.3. The molecule has 0 aliphatic carbocycles. The molecule has 2 fully saturated rings. The number of aryl methyl sites for hydroxylation is 1. The number of aliphatic hydroxyl groups is 1. The van der Waals surface area contributed by atoms with E-state index in [0.29, 0.717) is 24.7 Å². The minimum absolute atomic E-state index is 0.369. The summed E-state index contributed by atoms with van der Waals surface area (Å²) in [6.45, 7) is 5.20. The van der Waals surface area contributed by atoms with Crippen molar-refractivity contribution >= 4 is 11.8 Å². The Kier molecular flexibility index (Phi) is 4.76. The van der Waals surface area contributed by atoms with Crippen molar-refractivity contribution in [3.63, 3.8) is 0 Å². The van der Waals surface area contributed by atoms with Gasteiger partial charge < -0.3 is 19.4 Å². The zero-order chi connectivity index (χ0) is 18.0. The summed E-state index contributed by atoms with van der Waals surface area (Å²) in [6.07, 6.45) is 7.48. The molecule has 0 spiro atoms. The molecule has 4 rings (SSSR count). The first-order chi connectivity index (χ1) is 12.6. The largest absolute Gasteiger partial charge is 0.388 e. The van der Waals surface area contributed by atoms with Gasteiger partial charge in [-0.15, -0.1) is 0 Å². The van der Waals surface area contributed by atoms with Crippen molar-refractivity contribution in [3.05, 3.63) is 24.0 Å². The van der Waals surface area contributed by atoms with Gasteiger partial charge in [-0.1, -0.05) is 5.16 Å². The molecule has 1 atom stereocenters. The Morgan fingerprint density at radius 1 is 1.12 bits per heavy atom. The van der Waals surface area contributed by atoms with Gasteiger partial charge in [-0.3, -0.25) is 0 Å². The molecule has 26 heavy (non-hydrogen) atoms. The average molecular weight is 358 g/mol. The van der Waals surface area contributed by atoms with Crippen LogP contribution in [0.3, 0.4) is 0 Å². The molecular weight excluding hydrogens is 332 g/mol. The van der Waals surface area contributed by atoms with Gasteiger partial charge in [-0.05, 0) is 45.1 Å². The molecular formula is C18H26N6O2. The molecule has 0 bridgehead atoms. The molecule has 8 nitrogen and oxygen atoms in total. The summed E-state index contributed by atoms with van der Waals surface area (Å²) in [5.41, 5.74) is -0.881. The van der Waals surface area contributed by atoms with Crippen LogP contribution in [0.15, 0.2) is 16.8 Å². The van der Waals surface area contributed by atoms with E-state index in [4.69, 9.17) is 9.51 Å². The smallest absolute Gasteiger partial charge is 0.229 e. The molecule has 2 aromatic rings. The Hall–Kier alpha value is -2.22. The Bertz CT molecular complexity index is 745. The van der Waals surface area contributed by atoms with E-state index in [0.717, 1.165) is 44.2 Å². The highest BCUT2D eigenvalue weighted by atomic mass is 16.5. The minimum atomic E-state index is -0.881. The van der Waals surface area contributed by atoms with Crippen molar-refractivity contribution in [2.24, 2.45) is 0 Å². The summed E-state index contributed by atoms with van der Waals surface area (Å²) in [4.78, 5) is 17.9. The first kappa shape index (κ1) is 17.2. The van der Waals surface area contributed by atoms with Crippen LogP contribution in [-0.4, -0.2) is 57.0 Å². The summed E-state index contributed by atoms with van der Waals surface area (Å²) in [5.74, 6) is 2.76. The quantitative estimate of drug-likeness (QED) is 0.883. The molecule has 140 valence electrons. The third-order valence-electron chi connectivity index (χ3n) is 5.20. The SMILES string of the molecule is Cc1noc(CC2(O)CCCN(c3ccnc(N4CCCCC4)n3)C2)n1. The van der Waals surface area contributed by atoms with E-state index in [1.165, 1.54) is 19.3 Å². The molecule has 1 unspecified atom stereocenters. The maximum absolute atomic E-state index is 11.1. The van der Waals surface area contributed by atoms with Crippen LogP contribution in [0.5, 0.6) is 0 Å². The highest BCUT2D eigenvalue weighted by molar-refractivity contribution is 5.45. The lowest BCUT2D eigenvalue weighted by Crippen LogP contribution is -2.50. The summed E-state index contributed by atoms with van der Waals surface area (Å²) in [5, 5.41) is 14.9. The van der Waals surface area contributed by atoms with Crippen molar-refractivity contribution in [2.75, 3.05) is 36.0 Å². The van der Waals surface area contributed by atoms with E-state index in [9.17, 15) is 5.11 Å². The maximum atomic E-state index is 11.1. The lowest BCUT2D eigenvalue weighted by atomic mass is 9.89. The van der Waals surface area contributed by atoms with Gasteiger partial charge in [-0.2, -0.15) is 9.97 Å². The van der Waals surface area contributed by atoms with E-state index < -0.39 is 5.60 Å². The van der Waals surface area contributed by atoms with E-state index in [1.807, 2.05) is 12.3 Å². The van der Waals surface area contributed by atoms with E-state index in [1.54, 1.807) is 6.92 Å². The fraction of sp³-hybridized carbons (Fsp3) is 0.667. The molecule has 2 saturated heterocycles. The lowest BCUT2D eigenvalue weighted by Gasteiger charge is -2.39. The number of hydrogen-bond acceptors (Lipinski definition) is 8. The molecule has 0 aromatic carbocycles. The maximum Gasteiger partial charge on any atom is 0.229 e. The third-order valence-corrected chi connectivity index (χ3v) is 5.20. The van der Waals surface area contributed by atoms with Gasteiger partial charge in [0, 0.05) is 32.4 Å². The number of hydrogen-bond donors (Lipinski definition) is 1. The second-order valence-electron chi connectivity index (χ2n) is 7.42. The molecule has 2 aliphatic rings. The Morgan fingerprint density at radius 3 is 2.69 bits per heavy atom. The first-order valence-corrected chi connectivity index (χ1v) is 9.46. The molecule has 0 radical (unpaired) electrons. The van der Waals surface area contributed by atoms with Gasteiger partial charge >= 0.3 is 0 Å². The Balaban J connectivity index is 1.48. The molecule has 2 aromatic heterocycles. The first-order valence-electron chi connectivity index (χ1n) is 9.46. The second kappa shape index (κ2) is 7.19. The van der Waals surface area contributed by atoms with Crippen LogP contribution in [0, 0.1) is 6.92 Å². The van der Waals surface area contributed by atoms with Crippen molar-refractivity contribution in [2.45, 2.75) is 51.0 Å². The van der Waals surface area contributed by atoms with Gasteiger partial charge in [0.1, 0.15) is 5.82 Å².